The van der Waals surface area contributed by atoms with E-state index >= 15 is 0 Å². The molecule has 56 heavy (non-hydrogen) atoms. The third-order valence-corrected chi connectivity index (χ3v) is 11.2. The zero-order valence-corrected chi connectivity index (χ0v) is 38.3. The van der Waals surface area contributed by atoms with Crippen LogP contribution in [0.4, 0.5) is 0 Å². The second-order valence-corrected chi connectivity index (χ2v) is 18.1. The van der Waals surface area contributed by atoms with E-state index < -0.39 is 6.10 Å². The van der Waals surface area contributed by atoms with Gasteiger partial charge in [0.2, 0.25) is 0 Å². The van der Waals surface area contributed by atoms with Gasteiger partial charge in [0, 0.05) is 19.3 Å². The lowest BCUT2D eigenvalue weighted by atomic mass is 10.0. The predicted octanol–water partition coefficient (Wildman–Crippen LogP) is 15.8. The molecule has 0 saturated heterocycles. The lowest BCUT2D eigenvalue weighted by Crippen LogP contribution is -2.30. The Morgan fingerprint density at radius 1 is 0.339 bits per heavy atom. The number of rotatable bonds is 44. The van der Waals surface area contributed by atoms with Crippen molar-refractivity contribution in [2.24, 2.45) is 11.8 Å². The van der Waals surface area contributed by atoms with Gasteiger partial charge in [0.1, 0.15) is 13.2 Å². The standard InChI is InChI=1S/C50H96O6/c1-6-7-8-9-10-11-12-13-14-15-16-17-18-19-20-24-30-35-40-48(51)54-43-47(44-55-49(52)41-36-31-27-26-29-34-39-46(4)5)56-50(53)42-37-32-25-22-21-23-28-33-38-45(2)3/h45-47H,6-44H2,1-5H3/t47-/m0/s1. The van der Waals surface area contributed by atoms with Gasteiger partial charge in [0.15, 0.2) is 6.10 Å². The number of hydrogen-bond donors (Lipinski definition) is 0. The molecule has 0 bridgehead atoms. The highest BCUT2D eigenvalue weighted by atomic mass is 16.6. The Labute approximate surface area is 348 Å². The fourth-order valence-electron chi connectivity index (χ4n) is 7.46. The summed E-state index contributed by atoms with van der Waals surface area (Å²) in [5, 5.41) is 0. The molecular formula is C50H96O6. The molecule has 1 atom stereocenters. The fraction of sp³-hybridized carbons (Fsp3) is 0.940. The summed E-state index contributed by atoms with van der Waals surface area (Å²) >= 11 is 0. The minimum atomic E-state index is -0.762. The topological polar surface area (TPSA) is 78.9 Å². The summed E-state index contributed by atoms with van der Waals surface area (Å²) in [5.74, 6) is 0.697. The van der Waals surface area contributed by atoms with Gasteiger partial charge >= 0.3 is 17.9 Å². The molecule has 0 heterocycles. The van der Waals surface area contributed by atoms with Crippen LogP contribution in [0.1, 0.15) is 272 Å². The first kappa shape index (κ1) is 54.4. The van der Waals surface area contributed by atoms with Crippen LogP contribution in [0, 0.1) is 11.8 Å². The van der Waals surface area contributed by atoms with E-state index in [-0.39, 0.29) is 31.1 Å². The Morgan fingerprint density at radius 3 is 0.875 bits per heavy atom. The van der Waals surface area contributed by atoms with Gasteiger partial charge < -0.3 is 14.2 Å². The average molecular weight is 793 g/mol. The zero-order chi connectivity index (χ0) is 41.2. The van der Waals surface area contributed by atoms with Gasteiger partial charge in [0.05, 0.1) is 0 Å². The lowest BCUT2D eigenvalue weighted by Gasteiger charge is -2.18. The summed E-state index contributed by atoms with van der Waals surface area (Å²) in [6, 6.07) is 0. The highest BCUT2D eigenvalue weighted by Crippen LogP contribution is 2.17. The van der Waals surface area contributed by atoms with Gasteiger partial charge in [-0.25, -0.2) is 0 Å². The monoisotopic (exact) mass is 793 g/mol. The third kappa shape index (κ3) is 43.5. The molecule has 6 nitrogen and oxygen atoms in total. The highest BCUT2D eigenvalue weighted by Gasteiger charge is 2.19. The molecule has 0 fully saturated rings. The molecule has 0 spiro atoms. The quantitative estimate of drug-likeness (QED) is 0.0347. The van der Waals surface area contributed by atoms with Crippen molar-refractivity contribution in [1.29, 1.82) is 0 Å². The molecule has 0 aliphatic heterocycles. The van der Waals surface area contributed by atoms with E-state index in [0.717, 1.165) is 69.6 Å². The van der Waals surface area contributed by atoms with Crippen LogP contribution in [0.25, 0.3) is 0 Å². The Morgan fingerprint density at radius 2 is 0.589 bits per heavy atom. The molecule has 0 saturated carbocycles. The molecule has 0 radical (unpaired) electrons. The average Bonchev–Trinajstić information content (AvgIpc) is 3.16. The van der Waals surface area contributed by atoms with Gasteiger partial charge in [-0.2, -0.15) is 0 Å². The highest BCUT2D eigenvalue weighted by molar-refractivity contribution is 5.71. The number of ether oxygens (including phenoxy) is 3. The number of esters is 3. The summed E-state index contributed by atoms with van der Waals surface area (Å²) in [6.07, 6.45) is 42.6. The smallest absolute Gasteiger partial charge is 0.306 e. The molecule has 0 amide bonds. The SMILES string of the molecule is CCCCCCCCCCCCCCCCCCCCC(=O)OC[C@@H](COC(=O)CCCCCCCCC(C)C)OC(=O)CCCCCCCCCCC(C)C. The second kappa shape index (κ2) is 43.0. The van der Waals surface area contributed by atoms with Crippen LogP contribution in [0.2, 0.25) is 0 Å². The molecule has 0 aromatic carbocycles. The summed E-state index contributed by atoms with van der Waals surface area (Å²) < 4.78 is 16.7. The van der Waals surface area contributed by atoms with Crippen molar-refractivity contribution in [3.63, 3.8) is 0 Å². The first-order valence-corrected chi connectivity index (χ1v) is 24.7. The first-order valence-electron chi connectivity index (χ1n) is 24.7. The number of carbonyl (C=O) groups excluding carboxylic acids is 3. The van der Waals surface area contributed by atoms with Crippen molar-refractivity contribution in [2.45, 2.75) is 278 Å². The molecule has 0 aliphatic carbocycles. The molecule has 0 aromatic heterocycles. The number of hydrogen-bond acceptors (Lipinski definition) is 6. The Hall–Kier alpha value is -1.59. The largest absolute Gasteiger partial charge is 0.462 e. The van der Waals surface area contributed by atoms with Gasteiger partial charge in [0.25, 0.3) is 0 Å². The van der Waals surface area contributed by atoms with Crippen molar-refractivity contribution in [3.05, 3.63) is 0 Å². The molecule has 0 N–H and O–H groups in total. The Bertz CT molecular complexity index is 854. The molecule has 6 heteroatoms. The van der Waals surface area contributed by atoms with E-state index in [9.17, 15) is 14.4 Å². The fourth-order valence-corrected chi connectivity index (χ4v) is 7.46. The summed E-state index contributed by atoms with van der Waals surface area (Å²) in [6.45, 7) is 11.3. The van der Waals surface area contributed by atoms with Crippen LogP contribution >= 0.6 is 0 Å². The predicted molar refractivity (Wildman–Crippen MR) is 238 cm³/mol. The van der Waals surface area contributed by atoms with E-state index in [1.165, 1.54) is 161 Å². The molecule has 0 unspecified atom stereocenters. The van der Waals surface area contributed by atoms with Crippen molar-refractivity contribution < 1.29 is 28.6 Å². The maximum Gasteiger partial charge on any atom is 0.306 e. The third-order valence-electron chi connectivity index (χ3n) is 11.2. The van der Waals surface area contributed by atoms with Crippen molar-refractivity contribution in [2.75, 3.05) is 13.2 Å². The van der Waals surface area contributed by atoms with Crippen LogP contribution < -0.4 is 0 Å². The maximum absolute atomic E-state index is 12.7. The second-order valence-electron chi connectivity index (χ2n) is 18.1. The molecule has 0 aromatic rings. The van der Waals surface area contributed by atoms with Crippen LogP contribution in [0.5, 0.6) is 0 Å². The van der Waals surface area contributed by atoms with Crippen LogP contribution in [0.3, 0.4) is 0 Å². The van der Waals surface area contributed by atoms with Crippen LogP contribution in [-0.4, -0.2) is 37.2 Å². The maximum atomic E-state index is 12.7. The molecule has 0 aliphatic rings. The van der Waals surface area contributed by atoms with Gasteiger partial charge in [-0.3, -0.25) is 14.4 Å². The Kier molecular flexibility index (Phi) is 41.8. The van der Waals surface area contributed by atoms with Crippen molar-refractivity contribution in [3.8, 4) is 0 Å². The molecule has 332 valence electrons. The van der Waals surface area contributed by atoms with Crippen LogP contribution in [0.15, 0.2) is 0 Å². The normalized spacial score (nSPS) is 12.1. The number of carbonyl (C=O) groups is 3. The summed E-state index contributed by atoms with van der Waals surface area (Å²) in [5.41, 5.74) is 0. The Balaban J connectivity index is 4.23. The van der Waals surface area contributed by atoms with E-state index in [1.54, 1.807) is 0 Å². The van der Waals surface area contributed by atoms with Crippen molar-refractivity contribution >= 4 is 17.9 Å². The van der Waals surface area contributed by atoms with Gasteiger partial charge in [-0.1, -0.05) is 234 Å². The van der Waals surface area contributed by atoms with Gasteiger partial charge in [-0.05, 0) is 31.1 Å². The lowest BCUT2D eigenvalue weighted by molar-refractivity contribution is -0.167. The van der Waals surface area contributed by atoms with Crippen molar-refractivity contribution in [1.82, 2.24) is 0 Å². The minimum Gasteiger partial charge on any atom is -0.462 e. The molecule has 0 rings (SSSR count). The summed E-state index contributed by atoms with van der Waals surface area (Å²) in [4.78, 5) is 37.8. The molecular weight excluding hydrogens is 697 g/mol. The summed E-state index contributed by atoms with van der Waals surface area (Å²) in [7, 11) is 0. The minimum absolute atomic E-state index is 0.0654. The van der Waals surface area contributed by atoms with Crippen LogP contribution in [-0.2, 0) is 28.6 Å². The number of unbranched alkanes of at least 4 members (excludes halogenated alkanes) is 29. The van der Waals surface area contributed by atoms with Gasteiger partial charge in [-0.15, -0.1) is 0 Å². The van der Waals surface area contributed by atoms with E-state index in [1.807, 2.05) is 0 Å². The van der Waals surface area contributed by atoms with E-state index in [0.29, 0.717) is 19.3 Å². The first-order chi connectivity index (χ1) is 27.2. The van der Waals surface area contributed by atoms with E-state index in [2.05, 4.69) is 34.6 Å². The van der Waals surface area contributed by atoms with E-state index in [4.69, 9.17) is 14.2 Å². The zero-order valence-electron chi connectivity index (χ0n) is 38.3.